The zero-order valence-corrected chi connectivity index (χ0v) is 17.4. The second-order valence-electron chi connectivity index (χ2n) is 7.23. The first-order valence-corrected chi connectivity index (χ1v) is 9.77. The fraction of sp³-hybridized carbons (Fsp3) is 0.286. The number of benzene rings is 2. The van der Waals surface area contributed by atoms with Crippen LogP contribution >= 0.6 is 11.6 Å². The van der Waals surface area contributed by atoms with Crippen LogP contribution < -0.4 is 15.5 Å². The van der Waals surface area contributed by atoms with Crippen molar-refractivity contribution in [3.8, 4) is 0 Å². The highest BCUT2D eigenvalue weighted by Crippen LogP contribution is 2.31. The lowest BCUT2D eigenvalue weighted by atomic mass is 10.1. The van der Waals surface area contributed by atoms with E-state index in [0.29, 0.717) is 16.4 Å². The Labute approximate surface area is 178 Å². The maximum absolute atomic E-state index is 13.8. The summed E-state index contributed by atoms with van der Waals surface area (Å²) in [6.07, 6.45) is 0.165. The third-order valence-electron chi connectivity index (χ3n) is 4.65. The Hall–Kier alpha value is -2.97. The van der Waals surface area contributed by atoms with Gasteiger partial charge in [-0.15, -0.1) is 0 Å². The molecule has 0 unspecified atom stereocenters. The lowest BCUT2D eigenvalue weighted by Gasteiger charge is -2.29. The van der Waals surface area contributed by atoms with E-state index in [2.05, 4.69) is 10.6 Å². The van der Waals surface area contributed by atoms with Gasteiger partial charge in [-0.3, -0.25) is 19.3 Å². The molecule has 0 fully saturated rings. The number of para-hydroxylation sites is 2. The molecule has 1 heterocycles. The van der Waals surface area contributed by atoms with Crippen molar-refractivity contribution < 1.29 is 18.8 Å². The Kier molecular flexibility index (Phi) is 6.69. The Morgan fingerprint density at radius 1 is 1.27 bits per heavy atom. The zero-order valence-electron chi connectivity index (χ0n) is 16.6. The number of carbonyl (C=O) groups is 3. The van der Waals surface area contributed by atoms with Gasteiger partial charge in [-0.2, -0.15) is 0 Å². The molecule has 30 heavy (non-hydrogen) atoms. The van der Waals surface area contributed by atoms with Crippen molar-refractivity contribution >= 4 is 46.4 Å². The number of amides is 3. The molecule has 2 aromatic rings. The predicted molar refractivity (Wildman–Crippen MR) is 114 cm³/mol. The summed E-state index contributed by atoms with van der Waals surface area (Å²) in [4.78, 5) is 40.4. The van der Waals surface area contributed by atoms with E-state index >= 15 is 0 Å². The summed E-state index contributed by atoms with van der Waals surface area (Å²) in [6, 6.07) is 10.6. The number of likely N-dealkylation sites (N-methyl/N-ethyl adjacent to an activating group) is 1. The molecule has 1 aliphatic rings. The second kappa shape index (κ2) is 9.23. The molecule has 0 bridgehead atoms. The average molecular weight is 433 g/mol. The molecule has 3 rings (SSSR count). The minimum Gasteiger partial charge on any atom is -0.324 e. The third-order valence-corrected chi connectivity index (χ3v) is 4.88. The fourth-order valence-corrected chi connectivity index (χ4v) is 3.53. The summed E-state index contributed by atoms with van der Waals surface area (Å²) < 4.78 is 13.8. The van der Waals surface area contributed by atoms with E-state index in [1.807, 2.05) is 0 Å². The molecule has 7 nitrogen and oxygen atoms in total. The van der Waals surface area contributed by atoms with Crippen LogP contribution in [0.5, 0.6) is 0 Å². The molecule has 9 heteroatoms. The SMILES string of the molecule is C[C@@H]1CC(=O)Nc2ccccc2N1C(=O)CN(C)CC(=O)Nc1cc(Cl)ccc1F. The molecule has 0 spiro atoms. The minimum atomic E-state index is -0.598. The van der Waals surface area contributed by atoms with Crippen LogP contribution in [-0.4, -0.2) is 48.8 Å². The van der Waals surface area contributed by atoms with Crippen molar-refractivity contribution in [1.82, 2.24) is 4.90 Å². The van der Waals surface area contributed by atoms with Gasteiger partial charge in [0.05, 0.1) is 30.2 Å². The Balaban J connectivity index is 1.67. The van der Waals surface area contributed by atoms with E-state index in [1.165, 1.54) is 23.1 Å². The fourth-order valence-electron chi connectivity index (χ4n) is 3.36. The van der Waals surface area contributed by atoms with Crippen LogP contribution in [-0.2, 0) is 14.4 Å². The van der Waals surface area contributed by atoms with Crippen LogP contribution in [0.15, 0.2) is 42.5 Å². The summed E-state index contributed by atoms with van der Waals surface area (Å²) in [7, 11) is 1.61. The molecule has 2 aromatic carbocycles. The number of nitrogens with one attached hydrogen (secondary N) is 2. The molecule has 3 amide bonds. The van der Waals surface area contributed by atoms with Gasteiger partial charge < -0.3 is 15.5 Å². The van der Waals surface area contributed by atoms with Crippen LogP contribution in [0.1, 0.15) is 13.3 Å². The van der Waals surface area contributed by atoms with Gasteiger partial charge in [0.2, 0.25) is 17.7 Å². The van der Waals surface area contributed by atoms with Crippen LogP contribution in [0.4, 0.5) is 21.5 Å². The van der Waals surface area contributed by atoms with Crippen molar-refractivity contribution in [3.63, 3.8) is 0 Å². The molecule has 1 aliphatic heterocycles. The van der Waals surface area contributed by atoms with Gasteiger partial charge in [0.1, 0.15) is 5.82 Å². The quantitative estimate of drug-likeness (QED) is 0.760. The normalized spacial score (nSPS) is 16.0. The van der Waals surface area contributed by atoms with Crippen LogP contribution in [0.2, 0.25) is 5.02 Å². The maximum Gasteiger partial charge on any atom is 0.241 e. The third kappa shape index (κ3) is 5.14. The van der Waals surface area contributed by atoms with Gasteiger partial charge in [-0.1, -0.05) is 23.7 Å². The van der Waals surface area contributed by atoms with Gasteiger partial charge in [0, 0.05) is 17.5 Å². The Bertz CT molecular complexity index is 984. The van der Waals surface area contributed by atoms with Gasteiger partial charge in [-0.25, -0.2) is 4.39 Å². The van der Waals surface area contributed by atoms with Crippen molar-refractivity contribution in [1.29, 1.82) is 0 Å². The average Bonchev–Trinajstić information content (AvgIpc) is 2.78. The lowest BCUT2D eigenvalue weighted by molar-refractivity contribution is -0.121. The molecule has 158 valence electrons. The topological polar surface area (TPSA) is 81.8 Å². The summed E-state index contributed by atoms with van der Waals surface area (Å²) in [6.45, 7) is 1.62. The summed E-state index contributed by atoms with van der Waals surface area (Å²) >= 11 is 5.83. The largest absolute Gasteiger partial charge is 0.324 e. The highest BCUT2D eigenvalue weighted by atomic mass is 35.5. The number of hydrogen-bond donors (Lipinski definition) is 2. The zero-order chi connectivity index (χ0) is 21.8. The standard InChI is InChI=1S/C21H22ClFN4O3/c1-13-9-19(28)24-16-5-3-4-6-18(16)27(13)21(30)12-26(2)11-20(29)25-17-10-14(22)7-8-15(17)23/h3-8,10,13H,9,11-12H2,1-2H3,(H,24,28)(H,25,29)/t13-/m1/s1. The van der Waals surface area contributed by atoms with Gasteiger partial charge in [0.15, 0.2) is 0 Å². The Morgan fingerprint density at radius 2 is 2.00 bits per heavy atom. The molecule has 0 radical (unpaired) electrons. The number of fused-ring (bicyclic) bond motifs is 1. The van der Waals surface area contributed by atoms with E-state index in [9.17, 15) is 18.8 Å². The number of anilines is 3. The second-order valence-corrected chi connectivity index (χ2v) is 7.66. The number of nitrogens with zero attached hydrogens (tertiary/aromatic N) is 2. The summed E-state index contributed by atoms with van der Waals surface area (Å²) in [5, 5.41) is 5.56. The minimum absolute atomic E-state index is 0.0214. The van der Waals surface area contributed by atoms with Crippen molar-refractivity contribution in [2.24, 2.45) is 0 Å². The van der Waals surface area contributed by atoms with E-state index in [4.69, 9.17) is 11.6 Å². The molecular weight excluding hydrogens is 411 g/mol. The Morgan fingerprint density at radius 3 is 2.77 bits per heavy atom. The first kappa shape index (κ1) is 21.7. The maximum atomic E-state index is 13.8. The first-order valence-electron chi connectivity index (χ1n) is 9.39. The first-order chi connectivity index (χ1) is 14.2. The van der Waals surface area contributed by atoms with Crippen molar-refractivity contribution in [2.75, 3.05) is 35.7 Å². The van der Waals surface area contributed by atoms with Crippen LogP contribution in [0.25, 0.3) is 0 Å². The monoisotopic (exact) mass is 432 g/mol. The highest BCUT2D eigenvalue weighted by Gasteiger charge is 2.30. The van der Waals surface area contributed by atoms with Crippen LogP contribution in [0.3, 0.4) is 0 Å². The molecule has 0 aromatic heterocycles. The molecule has 0 saturated carbocycles. The predicted octanol–water partition coefficient (Wildman–Crippen LogP) is 3.11. The van der Waals surface area contributed by atoms with E-state index < -0.39 is 11.7 Å². The lowest BCUT2D eigenvalue weighted by Crippen LogP contribution is -2.45. The molecule has 2 N–H and O–H groups in total. The van der Waals surface area contributed by atoms with Crippen LogP contribution in [0, 0.1) is 5.82 Å². The highest BCUT2D eigenvalue weighted by molar-refractivity contribution is 6.30. The van der Waals surface area contributed by atoms with Gasteiger partial charge in [0.25, 0.3) is 0 Å². The number of halogens is 2. The van der Waals surface area contributed by atoms with Gasteiger partial charge in [-0.05, 0) is 44.3 Å². The summed E-state index contributed by atoms with van der Waals surface area (Å²) in [5.41, 5.74) is 1.16. The van der Waals surface area contributed by atoms with E-state index in [0.717, 1.165) is 0 Å². The number of rotatable bonds is 5. The van der Waals surface area contributed by atoms with Crippen molar-refractivity contribution in [2.45, 2.75) is 19.4 Å². The van der Waals surface area contributed by atoms with E-state index in [-0.39, 0.29) is 43.1 Å². The smallest absolute Gasteiger partial charge is 0.241 e. The van der Waals surface area contributed by atoms with Gasteiger partial charge >= 0.3 is 0 Å². The van der Waals surface area contributed by atoms with Crippen molar-refractivity contribution in [3.05, 3.63) is 53.3 Å². The molecule has 0 aliphatic carbocycles. The molecule has 0 saturated heterocycles. The molecular formula is C21H22ClFN4O3. The summed E-state index contributed by atoms with van der Waals surface area (Å²) in [5.74, 6) is -1.50. The molecule has 1 atom stereocenters. The number of carbonyl (C=O) groups excluding carboxylic acids is 3. The number of hydrogen-bond acceptors (Lipinski definition) is 4. The van der Waals surface area contributed by atoms with E-state index in [1.54, 1.807) is 43.1 Å².